The molecular weight excluding hydrogens is 429 g/mol. The van der Waals surface area contributed by atoms with Gasteiger partial charge in [-0.25, -0.2) is 4.99 Å². The van der Waals surface area contributed by atoms with Gasteiger partial charge in [0, 0.05) is 5.69 Å². The molecule has 0 radical (unpaired) electrons. The van der Waals surface area contributed by atoms with Gasteiger partial charge in [0.15, 0.2) is 5.96 Å². The van der Waals surface area contributed by atoms with Crippen molar-refractivity contribution in [1.82, 2.24) is 4.98 Å². The van der Waals surface area contributed by atoms with Crippen molar-refractivity contribution in [3.8, 4) is 5.75 Å². The van der Waals surface area contributed by atoms with Crippen LogP contribution in [0.1, 0.15) is 16.8 Å². The highest BCUT2D eigenvalue weighted by Gasteiger charge is 2.04. The van der Waals surface area contributed by atoms with E-state index in [9.17, 15) is 8.78 Å². The minimum atomic E-state index is -2.86. The predicted octanol–water partition coefficient (Wildman–Crippen LogP) is 3.84. The van der Waals surface area contributed by atoms with Gasteiger partial charge in [0.2, 0.25) is 0 Å². The number of nitrogens with one attached hydrogen (secondary N) is 1. The Morgan fingerprint density at radius 2 is 1.92 bits per heavy atom. The zero-order valence-corrected chi connectivity index (χ0v) is 15.6. The van der Waals surface area contributed by atoms with E-state index >= 15 is 0 Å². The zero-order chi connectivity index (χ0) is 16.8. The van der Waals surface area contributed by atoms with Gasteiger partial charge < -0.3 is 15.8 Å². The van der Waals surface area contributed by atoms with Gasteiger partial charge >= 0.3 is 6.61 Å². The number of anilines is 1. The first-order chi connectivity index (χ1) is 10.9. The van der Waals surface area contributed by atoms with Gasteiger partial charge in [-0.2, -0.15) is 8.78 Å². The number of nitrogens with zero attached hydrogens (tertiary/aromatic N) is 2. The normalized spacial score (nSPS) is 11.1. The highest BCUT2D eigenvalue weighted by atomic mass is 127. The Kier molecular flexibility index (Phi) is 7.83. The lowest BCUT2D eigenvalue weighted by atomic mass is 10.1. The van der Waals surface area contributed by atoms with Gasteiger partial charge in [0.1, 0.15) is 5.75 Å². The topological polar surface area (TPSA) is 72.5 Å². The highest BCUT2D eigenvalue weighted by Crippen LogP contribution is 2.14. The summed E-state index contributed by atoms with van der Waals surface area (Å²) in [7, 11) is 0. The van der Waals surface area contributed by atoms with Crippen LogP contribution in [0.4, 0.5) is 14.5 Å². The average molecular weight is 448 g/mol. The molecule has 0 amide bonds. The van der Waals surface area contributed by atoms with Gasteiger partial charge in [0.05, 0.1) is 18.4 Å². The number of aliphatic imine (C=N–C) groups is 1. The Labute approximate surface area is 156 Å². The van der Waals surface area contributed by atoms with E-state index in [2.05, 4.69) is 26.1 Å². The Bertz CT molecular complexity index is 673. The van der Waals surface area contributed by atoms with Crippen molar-refractivity contribution in [1.29, 1.82) is 0 Å². The summed E-state index contributed by atoms with van der Waals surface area (Å²) in [6.45, 7) is 1.37. The standard InChI is InChI=1S/C16H18F2N4O.HI/c1-10-5-11(2)7-13(6-10)22-16(19)21-8-12-3-4-14(9-20-12)23-15(17)18;/h3-7,9,15H,8H2,1-2H3,(H3,19,21,22);1H. The summed E-state index contributed by atoms with van der Waals surface area (Å²) in [5.41, 5.74) is 9.53. The molecule has 1 aromatic carbocycles. The first-order valence-electron chi connectivity index (χ1n) is 6.97. The van der Waals surface area contributed by atoms with Gasteiger partial charge in [-0.3, -0.25) is 4.98 Å². The van der Waals surface area contributed by atoms with E-state index in [0.29, 0.717) is 5.69 Å². The Morgan fingerprint density at radius 1 is 1.25 bits per heavy atom. The second-order valence-corrected chi connectivity index (χ2v) is 5.07. The summed E-state index contributed by atoms with van der Waals surface area (Å²) in [5, 5.41) is 3.01. The lowest BCUT2D eigenvalue weighted by Gasteiger charge is -2.08. The molecule has 0 unspecified atom stereocenters. The summed E-state index contributed by atoms with van der Waals surface area (Å²) >= 11 is 0. The third-order valence-corrected chi connectivity index (χ3v) is 2.93. The van der Waals surface area contributed by atoms with Crippen LogP contribution in [0.5, 0.6) is 5.75 Å². The minimum Gasteiger partial charge on any atom is -0.433 e. The molecule has 0 aliphatic heterocycles. The molecule has 0 fully saturated rings. The molecule has 1 aromatic heterocycles. The van der Waals surface area contributed by atoms with E-state index in [0.717, 1.165) is 16.8 Å². The quantitative estimate of drug-likeness (QED) is 0.414. The Balaban J connectivity index is 0.00000288. The molecule has 0 spiro atoms. The highest BCUT2D eigenvalue weighted by molar-refractivity contribution is 14.0. The van der Waals surface area contributed by atoms with Crippen LogP contribution in [0.15, 0.2) is 41.5 Å². The van der Waals surface area contributed by atoms with Gasteiger partial charge in [-0.05, 0) is 49.2 Å². The van der Waals surface area contributed by atoms with Gasteiger partial charge in [-0.1, -0.05) is 6.07 Å². The third kappa shape index (κ3) is 6.65. The summed E-state index contributed by atoms with van der Waals surface area (Å²) < 4.78 is 28.3. The number of hydrogen-bond donors (Lipinski definition) is 2. The molecule has 5 nitrogen and oxygen atoms in total. The van der Waals surface area contributed by atoms with E-state index in [1.54, 1.807) is 6.07 Å². The Hall–Kier alpha value is -1.97. The first kappa shape index (κ1) is 20.1. The van der Waals surface area contributed by atoms with Crippen LogP contribution in [0.3, 0.4) is 0 Å². The molecule has 0 aliphatic rings. The zero-order valence-electron chi connectivity index (χ0n) is 13.3. The third-order valence-electron chi connectivity index (χ3n) is 2.93. The van der Waals surface area contributed by atoms with Crippen LogP contribution in [-0.4, -0.2) is 17.6 Å². The molecule has 24 heavy (non-hydrogen) atoms. The number of aryl methyl sites for hydroxylation is 2. The molecule has 1 heterocycles. The predicted molar refractivity (Wildman–Crippen MR) is 101 cm³/mol. The van der Waals surface area contributed by atoms with Crippen molar-refractivity contribution in [3.05, 3.63) is 53.3 Å². The number of alkyl halides is 2. The maximum absolute atomic E-state index is 12.0. The molecule has 8 heteroatoms. The number of pyridine rings is 1. The van der Waals surface area contributed by atoms with Crippen molar-refractivity contribution in [3.63, 3.8) is 0 Å². The summed E-state index contributed by atoms with van der Waals surface area (Å²) in [6, 6.07) is 8.96. The van der Waals surface area contributed by atoms with E-state index in [1.165, 1.54) is 12.3 Å². The number of guanidine groups is 1. The van der Waals surface area contributed by atoms with Crippen LogP contribution >= 0.6 is 24.0 Å². The molecular formula is C16H19F2IN4O. The number of halogens is 3. The molecule has 2 rings (SSSR count). The minimum absolute atomic E-state index is 0. The van der Waals surface area contributed by atoms with Crippen LogP contribution < -0.4 is 15.8 Å². The first-order valence-corrected chi connectivity index (χ1v) is 6.97. The van der Waals surface area contributed by atoms with E-state index in [-0.39, 0.29) is 42.2 Å². The van der Waals surface area contributed by atoms with Gasteiger partial charge in [-0.15, -0.1) is 24.0 Å². The number of aromatic nitrogens is 1. The summed E-state index contributed by atoms with van der Waals surface area (Å²) in [6.07, 6.45) is 1.23. The number of nitrogens with two attached hydrogens (primary N) is 1. The second kappa shape index (κ2) is 9.36. The monoisotopic (exact) mass is 448 g/mol. The van der Waals surface area contributed by atoms with Crippen molar-refractivity contribution in [2.75, 3.05) is 5.32 Å². The molecule has 3 N–H and O–H groups in total. The lowest BCUT2D eigenvalue weighted by molar-refractivity contribution is -0.0500. The van der Waals surface area contributed by atoms with Crippen LogP contribution in [0.25, 0.3) is 0 Å². The van der Waals surface area contributed by atoms with Gasteiger partial charge in [0.25, 0.3) is 0 Å². The van der Waals surface area contributed by atoms with E-state index in [1.807, 2.05) is 26.0 Å². The smallest absolute Gasteiger partial charge is 0.387 e. The fourth-order valence-electron chi connectivity index (χ4n) is 2.08. The molecule has 0 atom stereocenters. The molecule has 130 valence electrons. The van der Waals surface area contributed by atoms with Crippen molar-refractivity contribution in [2.45, 2.75) is 27.0 Å². The lowest BCUT2D eigenvalue weighted by Crippen LogP contribution is -2.22. The number of rotatable bonds is 5. The number of hydrogen-bond acceptors (Lipinski definition) is 3. The van der Waals surface area contributed by atoms with Crippen molar-refractivity contribution in [2.24, 2.45) is 10.7 Å². The summed E-state index contributed by atoms with van der Waals surface area (Å²) in [5.74, 6) is 0.263. The molecule has 0 saturated heterocycles. The summed E-state index contributed by atoms with van der Waals surface area (Å²) in [4.78, 5) is 8.16. The fraction of sp³-hybridized carbons (Fsp3) is 0.250. The van der Waals surface area contributed by atoms with E-state index in [4.69, 9.17) is 5.73 Å². The van der Waals surface area contributed by atoms with Crippen LogP contribution in [0, 0.1) is 13.8 Å². The average Bonchev–Trinajstić information content (AvgIpc) is 2.45. The number of benzene rings is 1. The molecule has 0 aliphatic carbocycles. The maximum atomic E-state index is 12.0. The van der Waals surface area contributed by atoms with Crippen LogP contribution in [-0.2, 0) is 6.54 Å². The van der Waals surface area contributed by atoms with Crippen molar-refractivity contribution >= 4 is 35.6 Å². The number of ether oxygens (including phenoxy) is 1. The fourth-order valence-corrected chi connectivity index (χ4v) is 2.08. The van der Waals surface area contributed by atoms with E-state index < -0.39 is 6.61 Å². The Morgan fingerprint density at radius 3 is 2.46 bits per heavy atom. The van der Waals surface area contributed by atoms with Crippen molar-refractivity contribution < 1.29 is 13.5 Å². The molecule has 2 aromatic rings. The SMILES string of the molecule is Cc1cc(C)cc(NC(N)=NCc2ccc(OC(F)F)cn2)c1.I. The molecule has 0 bridgehead atoms. The second-order valence-electron chi connectivity index (χ2n) is 5.07. The van der Waals surface area contributed by atoms with Crippen LogP contribution in [0.2, 0.25) is 0 Å². The maximum Gasteiger partial charge on any atom is 0.387 e. The largest absolute Gasteiger partial charge is 0.433 e. The molecule has 0 saturated carbocycles.